The molecule has 29 heavy (non-hydrogen) atoms. The molecule has 150 valence electrons. The first-order valence-electron chi connectivity index (χ1n) is 9.71. The summed E-state index contributed by atoms with van der Waals surface area (Å²) in [6.45, 7) is 5.24. The number of allylic oxidation sites excluding steroid dienone is 2. The molecular weight excluding hydrogens is 366 g/mol. The van der Waals surface area contributed by atoms with Crippen LogP contribution in [0.5, 0.6) is 6.01 Å². The van der Waals surface area contributed by atoms with Gasteiger partial charge in [-0.1, -0.05) is 61.5 Å². The Bertz CT molecular complexity index is 991. The first kappa shape index (κ1) is 20.3. The summed E-state index contributed by atoms with van der Waals surface area (Å²) in [6.07, 6.45) is 5.51. The van der Waals surface area contributed by atoms with Gasteiger partial charge in [0.25, 0.3) is 0 Å². The number of aromatic nitrogens is 3. The topological polar surface area (TPSA) is 77.2 Å². The van der Waals surface area contributed by atoms with Crippen LogP contribution in [0.4, 0.5) is 0 Å². The monoisotopic (exact) mass is 391 g/mol. The number of carboxylic acid groups (broad SMARTS) is 1. The molecule has 0 aliphatic heterocycles. The first-order valence-corrected chi connectivity index (χ1v) is 9.71. The number of aromatic carboxylic acids is 1. The summed E-state index contributed by atoms with van der Waals surface area (Å²) >= 11 is 0. The van der Waals surface area contributed by atoms with Crippen LogP contribution in [-0.2, 0) is 13.0 Å². The van der Waals surface area contributed by atoms with E-state index < -0.39 is 5.97 Å². The Hall–Kier alpha value is -3.41. The van der Waals surface area contributed by atoms with Gasteiger partial charge >= 0.3 is 12.0 Å². The summed E-state index contributed by atoms with van der Waals surface area (Å²) in [6, 6.07) is 15.3. The molecule has 1 N–H and O–H groups in total. The number of carbonyl (C=O) groups is 1. The Morgan fingerprint density at radius 2 is 1.93 bits per heavy atom. The SMILES string of the molecule is CC=CCn1nc(OCCC)nc1Cc1ccc(-c2ccccc2C(=O)O)cc1. The third kappa shape index (κ3) is 5.10. The van der Waals surface area contributed by atoms with Crippen molar-refractivity contribution < 1.29 is 14.6 Å². The van der Waals surface area contributed by atoms with E-state index in [9.17, 15) is 9.90 Å². The Morgan fingerprint density at radius 1 is 1.17 bits per heavy atom. The van der Waals surface area contributed by atoms with Crippen LogP contribution >= 0.6 is 0 Å². The van der Waals surface area contributed by atoms with E-state index >= 15 is 0 Å². The third-order valence-corrected chi connectivity index (χ3v) is 4.46. The fourth-order valence-electron chi connectivity index (χ4n) is 2.99. The molecule has 2 aromatic carbocycles. The highest BCUT2D eigenvalue weighted by Gasteiger charge is 2.13. The predicted molar refractivity (Wildman–Crippen MR) is 112 cm³/mol. The summed E-state index contributed by atoms with van der Waals surface area (Å²) < 4.78 is 7.43. The lowest BCUT2D eigenvalue weighted by Gasteiger charge is -2.08. The molecule has 6 nitrogen and oxygen atoms in total. The molecule has 0 radical (unpaired) electrons. The van der Waals surface area contributed by atoms with Gasteiger partial charge in [0.1, 0.15) is 5.82 Å². The summed E-state index contributed by atoms with van der Waals surface area (Å²) in [4.78, 5) is 16.0. The highest BCUT2D eigenvalue weighted by Crippen LogP contribution is 2.25. The van der Waals surface area contributed by atoms with Crippen LogP contribution in [-0.4, -0.2) is 32.4 Å². The fourth-order valence-corrected chi connectivity index (χ4v) is 2.99. The van der Waals surface area contributed by atoms with E-state index in [2.05, 4.69) is 10.1 Å². The van der Waals surface area contributed by atoms with Gasteiger partial charge in [0.2, 0.25) is 0 Å². The Labute approximate surface area is 170 Å². The van der Waals surface area contributed by atoms with E-state index in [0.29, 0.717) is 36.7 Å². The zero-order valence-corrected chi connectivity index (χ0v) is 16.7. The van der Waals surface area contributed by atoms with Crippen LogP contribution in [0, 0.1) is 0 Å². The number of rotatable bonds is 9. The zero-order chi connectivity index (χ0) is 20.6. The maximum atomic E-state index is 11.5. The molecular formula is C23H25N3O3. The van der Waals surface area contributed by atoms with Crippen molar-refractivity contribution in [3.05, 3.63) is 77.6 Å². The smallest absolute Gasteiger partial charge is 0.336 e. The largest absolute Gasteiger partial charge is 0.478 e. The minimum atomic E-state index is -0.929. The predicted octanol–water partition coefficient (Wildman–Crippen LogP) is 4.60. The van der Waals surface area contributed by atoms with Crippen LogP contribution in [0.25, 0.3) is 11.1 Å². The number of nitrogens with zero attached hydrogens (tertiary/aromatic N) is 3. The second-order valence-electron chi connectivity index (χ2n) is 6.63. The summed E-state index contributed by atoms with van der Waals surface area (Å²) in [5.41, 5.74) is 2.94. The normalized spacial score (nSPS) is 11.1. The Balaban J connectivity index is 1.82. The molecule has 0 spiro atoms. The van der Waals surface area contributed by atoms with E-state index in [1.165, 1.54) is 0 Å². The maximum absolute atomic E-state index is 11.5. The van der Waals surface area contributed by atoms with Crippen LogP contribution in [0.15, 0.2) is 60.7 Å². The fraction of sp³-hybridized carbons (Fsp3) is 0.261. The second kappa shape index (κ2) is 9.68. The standard InChI is InChI=1S/C23H25N3O3/c1-3-5-14-26-21(24-23(25-26)29-15-4-2)16-17-10-12-18(13-11-17)19-8-6-7-9-20(19)22(27)28/h3,5-13H,4,14-16H2,1-2H3,(H,27,28). The summed E-state index contributed by atoms with van der Waals surface area (Å²) in [5, 5.41) is 13.9. The highest BCUT2D eigenvalue weighted by atomic mass is 16.5. The highest BCUT2D eigenvalue weighted by molar-refractivity contribution is 5.95. The van der Waals surface area contributed by atoms with Gasteiger partial charge in [0.05, 0.1) is 18.7 Å². The van der Waals surface area contributed by atoms with Crippen molar-refractivity contribution in [2.75, 3.05) is 6.61 Å². The molecule has 3 rings (SSSR count). The molecule has 1 heterocycles. The molecule has 0 saturated carbocycles. The Kier molecular flexibility index (Phi) is 6.79. The van der Waals surface area contributed by atoms with Crippen molar-refractivity contribution in [3.8, 4) is 17.1 Å². The van der Waals surface area contributed by atoms with Gasteiger partial charge in [-0.3, -0.25) is 0 Å². The molecule has 1 aromatic heterocycles. The minimum Gasteiger partial charge on any atom is -0.478 e. The van der Waals surface area contributed by atoms with E-state index in [-0.39, 0.29) is 0 Å². The summed E-state index contributed by atoms with van der Waals surface area (Å²) in [7, 11) is 0. The van der Waals surface area contributed by atoms with Crippen LogP contribution in [0.1, 0.15) is 42.0 Å². The van der Waals surface area contributed by atoms with E-state index in [1.54, 1.807) is 12.1 Å². The summed E-state index contributed by atoms with van der Waals surface area (Å²) in [5.74, 6) is -0.103. The molecule has 0 aliphatic carbocycles. The quantitative estimate of drug-likeness (QED) is 0.540. The van der Waals surface area contributed by atoms with Gasteiger partial charge in [-0.05, 0) is 36.1 Å². The Morgan fingerprint density at radius 3 is 2.62 bits per heavy atom. The van der Waals surface area contributed by atoms with Gasteiger partial charge in [-0.25, -0.2) is 9.48 Å². The van der Waals surface area contributed by atoms with Crippen molar-refractivity contribution >= 4 is 5.97 Å². The maximum Gasteiger partial charge on any atom is 0.336 e. The second-order valence-corrected chi connectivity index (χ2v) is 6.63. The van der Waals surface area contributed by atoms with Crippen LogP contribution < -0.4 is 4.74 Å². The molecule has 0 atom stereocenters. The molecule has 0 saturated heterocycles. The van der Waals surface area contributed by atoms with Gasteiger partial charge in [-0.2, -0.15) is 4.98 Å². The van der Waals surface area contributed by atoms with Crippen molar-refractivity contribution in [3.63, 3.8) is 0 Å². The lowest BCUT2D eigenvalue weighted by Crippen LogP contribution is -2.05. The van der Waals surface area contributed by atoms with Gasteiger partial charge < -0.3 is 9.84 Å². The molecule has 0 fully saturated rings. The number of hydrogen-bond donors (Lipinski definition) is 1. The number of ether oxygens (including phenoxy) is 1. The van der Waals surface area contributed by atoms with Crippen molar-refractivity contribution in [2.24, 2.45) is 0 Å². The zero-order valence-electron chi connectivity index (χ0n) is 16.7. The lowest BCUT2D eigenvalue weighted by molar-refractivity contribution is 0.0697. The number of carboxylic acids is 1. The van der Waals surface area contributed by atoms with Crippen molar-refractivity contribution in [2.45, 2.75) is 33.2 Å². The minimum absolute atomic E-state index is 0.295. The van der Waals surface area contributed by atoms with Crippen molar-refractivity contribution in [1.29, 1.82) is 0 Å². The van der Waals surface area contributed by atoms with Gasteiger partial charge in [0, 0.05) is 6.42 Å². The average Bonchev–Trinajstić information content (AvgIpc) is 3.12. The number of benzene rings is 2. The lowest BCUT2D eigenvalue weighted by atomic mass is 9.98. The third-order valence-electron chi connectivity index (χ3n) is 4.46. The van der Waals surface area contributed by atoms with Gasteiger partial charge in [0.15, 0.2) is 0 Å². The van der Waals surface area contributed by atoms with E-state index in [1.807, 2.05) is 67.1 Å². The van der Waals surface area contributed by atoms with Crippen LogP contribution in [0.2, 0.25) is 0 Å². The van der Waals surface area contributed by atoms with Crippen molar-refractivity contribution in [1.82, 2.24) is 14.8 Å². The number of hydrogen-bond acceptors (Lipinski definition) is 4. The van der Waals surface area contributed by atoms with Crippen LogP contribution in [0.3, 0.4) is 0 Å². The van der Waals surface area contributed by atoms with Gasteiger partial charge in [-0.15, -0.1) is 5.10 Å². The molecule has 6 heteroatoms. The molecule has 3 aromatic rings. The molecule has 0 bridgehead atoms. The molecule has 0 aliphatic rings. The van der Waals surface area contributed by atoms with E-state index in [0.717, 1.165) is 23.4 Å². The molecule has 0 amide bonds. The molecule has 0 unspecified atom stereocenters. The first-order chi connectivity index (χ1) is 14.1. The van der Waals surface area contributed by atoms with E-state index in [4.69, 9.17) is 4.74 Å². The average molecular weight is 391 g/mol.